The molecule has 0 radical (unpaired) electrons. The molecule has 6 nitrogen and oxygen atoms in total. The average Bonchev–Trinajstić information content (AvgIpc) is 2.38. The lowest BCUT2D eigenvalue weighted by Crippen LogP contribution is -2.45. The topological polar surface area (TPSA) is 86.9 Å². The second kappa shape index (κ2) is 6.68. The van der Waals surface area contributed by atoms with E-state index in [1.807, 2.05) is 0 Å². The van der Waals surface area contributed by atoms with E-state index in [1.54, 1.807) is 0 Å². The Bertz CT molecular complexity index is 462. The predicted octanol–water partition coefficient (Wildman–Crippen LogP) is 0.311. The first-order valence-electron chi connectivity index (χ1n) is 6.14. The van der Waals surface area contributed by atoms with Crippen LogP contribution in [0.25, 0.3) is 0 Å². The van der Waals surface area contributed by atoms with Gasteiger partial charge in [0.05, 0.1) is 0 Å². The summed E-state index contributed by atoms with van der Waals surface area (Å²) in [6.45, 7) is 4.72. The lowest BCUT2D eigenvalue weighted by Gasteiger charge is -2.34. The number of carbonyl (C=O) groups excluding carboxylic acids is 1. The van der Waals surface area contributed by atoms with Gasteiger partial charge in [-0.25, -0.2) is 5.10 Å². The van der Waals surface area contributed by atoms with Crippen LogP contribution in [-0.2, 0) is 0 Å². The highest BCUT2D eigenvalue weighted by atomic mass is 35.5. The van der Waals surface area contributed by atoms with E-state index in [0.29, 0.717) is 6.54 Å². The summed E-state index contributed by atoms with van der Waals surface area (Å²) in [7, 11) is 0. The Labute approximate surface area is 117 Å². The van der Waals surface area contributed by atoms with Crippen molar-refractivity contribution in [1.82, 2.24) is 20.8 Å². The van der Waals surface area contributed by atoms with Crippen LogP contribution in [0.1, 0.15) is 30.3 Å². The molecule has 19 heavy (non-hydrogen) atoms. The molecular weight excluding hydrogens is 268 g/mol. The smallest absolute Gasteiger partial charge is 0.271 e. The maximum absolute atomic E-state index is 11.8. The first kappa shape index (κ1) is 15.7. The minimum atomic E-state index is -0.310. The Hall–Kier alpha value is -1.40. The van der Waals surface area contributed by atoms with Gasteiger partial charge in [0, 0.05) is 19.2 Å². The van der Waals surface area contributed by atoms with Crippen LogP contribution in [-0.4, -0.2) is 35.7 Å². The van der Waals surface area contributed by atoms with Crippen molar-refractivity contribution in [2.24, 2.45) is 5.41 Å². The van der Waals surface area contributed by atoms with Crippen molar-refractivity contribution in [2.75, 3.05) is 19.6 Å². The standard InChI is InChI=1S/C12H18N4O2.ClH/c1-12(5-2-6-13-7-12)8-14-11(18)9-3-4-10(17)16-15-9;/h3-4,13H,2,5-8H2,1H3,(H,14,18)(H,16,17);1H. The molecule has 3 N–H and O–H groups in total. The highest BCUT2D eigenvalue weighted by molar-refractivity contribution is 5.91. The molecule has 0 bridgehead atoms. The minimum absolute atomic E-state index is 0. The van der Waals surface area contributed by atoms with Gasteiger partial charge >= 0.3 is 0 Å². The Balaban J connectivity index is 0.00000180. The lowest BCUT2D eigenvalue weighted by atomic mass is 9.83. The summed E-state index contributed by atoms with van der Waals surface area (Å²) >= 11 is 0. The molecule has 2 rings (SSSR count). The van der Waals surface area contributed by atoms with Crippen molar-refractivity contribution < 1.29 is 4.79 Å². The number of nitrogens with one attached hydrogen (secondary N) is 3. The average molecular weight is 287 g/mol. The third-order valence-electron chi connectivity index (χ3n) is 3.27. The fourth-order valence-electron chi connectivity index (χ4n) is 2.12. The fraction of sp³-hybridized carbons (Fsp3) is 0.583. The number of hydrogen-bond acceptors (Lipinski definition) is 4. The van der Waals surface area contributed by atoms with E-state index in [9.17, 15) is 9.59 Å². The van der Waals surface area contributed by atoms with Crippen LogP contribution in [0, 0.1) is 5.41 Å². The fourth-order valence-corrected chi connectivity index (χ4v) is 2.12. The van der Waals surface area contributed by atoms with Crippen LogP contribution >= 0.6 is 12.4 Å². The summed E-state index contributed by atoms with van der Waals surface area (Å²) in [5.74, 6) is -0.252. The third-order valence-corrected chi connectivity index (χ3v) is 3.27. The maximum atomic E-state index is 11.8. The van der Waals surface area contributed by atoms with Crippen molar-refractivity contribution in [1.29, 1.82) is 0 Å². The normalized spacial score (nSPS) is 22.4. The Morgan fingerprint density at radius 2 is 2.32 bits per heavy atom. The molecule has 1 aliphatic heterocycles. The van der Waals surface area contributed by atoms with Gasteiger partial charge in [0.2, 0.25) is 0 Å². The number of rotatable bonds is 3. The van der Waals surface area contributed by atoms with Gasteiger partial charge in [0.25, 0.3) is 11.5 Å². The molecule has 0 aromatic carbocycles. The van der Waals surface area contributed by atoms with Crippen LogP contribution in [0.15, 0.2) is 16.9 Å². The molecule has 1 aromatic rings. The summed E-state index contributed by atoms with van der Waals surface area (Å²) in [5, 5.41) is 12.1. The van der Waals surface area contributed by atoms with Crippen LogP contribution < -0.4 is 16.2 Å². The maximum Gasteiger partial charge on any atom is 0.271 e. The Kier molecular flexibility index (Phi) is 5.50. The van der Waals surface area contributed by atoms with Crippen molar-refractivity contribution in [2.45, 2.75) is 19.8 Å². The summed E-state index contributed by atoms with van der Waals surface area (Å²) in [6.07, 6.45) is 2.22. The number of carbonyl (C=O) groups is 1. The molecule has 1 unspecified atom stereocenters. The first-order chi connectivity index (χ1) is 8.59. The van der Waals surface area contributed by atoms with Crippen molar-refractivity contribution in [3.05, 3.63) is 28.2 Å². The molecule has 0 spiro atoms. The molecule has 7 heteroatoms. The largest absolute Gasteiger partial charge is 0.350 e. The van der Waals surface area contributed by atoms with Gasteiger partial charge in [-0.3, -0.25) is 9.59 Å². The van der Waals surface area contributed by atoms with Crippen LogP contribution in [0.2, 0.25) is 0 Å². The van der Waals surface area contributed by atoms with Crippen molar-refractivity contribution in [3.63, 3.8) is 0 Å². The molecule has 1 atom stereocenters. The number of aromatic nitrogens is 2. The quantitative estimate of drug-likeness (QED) is 0.746. The van der Waals surface area contributed by atoms with Gasteiger partial charge in [-0.15, -0.1) is 12.4 Å². The molecule has 1 fully saturated rings. The molecule has 1 amide bonds. The van der Waals surface area contributed by atoms with Gasteiger partial charge in [-0.2, -0.15) is 5.10 Å². The van der Waals surface area contributed by atoms with Crippen molar-refractivity contribution in [3.8, 4) is 0 Å². The van der Waals surface area contributed by atoms with E-state index in [0.717, 1.165) is 25.9 Å². The summed E-state index contributed by atoms with van der Waals surface area (Å²) in [4.78, 5) is 22.7. The first-order valence-corrected chi connectivity index (χ1v) is 6.14. The SMILES string of the molecule is CC1(CNC(=O)c2ccc(=O)[nH]n2)CCCNC1.Cl. The molecule has 0 saturated carbocycles. The van der Waals surface area contributed by atoms with E-state index < -0.39 is 0 Å². The van der Waals surface area contributed by atoms with Gasteiger partial charge in [0.1, 0.15) is 5.69 Å². The van der Waals surface area contributed by atoms with E-state index in [-0.39, 0.29) is 35.0 Å². The van der Waals surface area contributed by atoms with Gasteiger partial charge in [0.15, 0.2) is 0 Å². The number of piperidine rings is 1. The zero-order valence-corrected chi connectivity index (χ0v) is 11.7. The Morgan fingerprint density at radius 1 is 1.53 bits per heavy atom. The summed E-state index contributed by atoms with van der Waals surface area (Å²) < 4.78 is 0. The highest BCUT2D eigenvalue weighted by Crippen LogP contribution is 2.24. The molecule has 106 valence electrons. The number of amides is 1. The summed E-state index contributed by atoms with van der Waals surface area (Å²) in [6, 6.07) is 2.72. The monoisotopic (exact) mass is 286 g/mol. The van der Waals surface area contributed by atoms with Crippen molar-refractivity contribution >= 4 is 18.3 Å². The highest BCUT2D eigenvalue weighted by Gasteiger charge is 2.27. The van der Waals surface area contributed by atoms with Gasteiger partial charge in [-0.1, -0.05) is 6.92 Å². The van der Waals surface area contributed by atoms with Gasteiger partial charge in [-0.05, 0) is 30.9 Å². The minimum Gasteiger partial charge on any atom is -0.350 e. The lowest BCUT2D eigenvalue weighted by molar-refractivity contribution is 0.0918. The molecule has 0 aliphatic carbocycles. The molecule has 2 heterocycles. The molecule has 1 aliphatic rings. The van der Waals surface area contributed by atoms with Gasteiger partial charge < -0.3 is 10.6 Å². The Morgan fingerprint density at radius 3 is 2.89 bits per heavy atom. The second-order valence-corrected chi connectivity index (χ2v) is 5.08. The zero-order chi connectivity index (χ0) is 13.0. The predicted molar refractivity (Wildman–Crippen MR) is 74.6 cm³/mol. The zero-order valence-electron chi connectivity index (χ0n) is 10.9. The third kappa shape index (κ3) is 4.33. The number of aromatic amines is 1. The van der Waals surface area contributed by atoms with Crippen LogP contribution in [0.3, 0.4) is 0 Å². The van der Waals surface area contributed by atoms with E-state index in [4.69, 9.17) is 0 Å². The number of nitrogens with zero attached hydrogens (tertiary/aromatic N) is 1. The van der Waals surface area contributed by atoms with E-state index >= 15 is 0 Å². The van der Waals surface area contributed by atoms with E-state index in [2.05, 4.69) is 27.8 Å². The molecule has 1 aromatic heterocycles. The summed E-state index contributed by atoms with van der Waals surface area (Å²) in [5.41, 5.74) is 0.0211. The number of H-pyrrole nitrogens is 1. The molecular formula is C12H19ClN4O2. The number of hydrogen-bond donors (Lipinski definition) is 3. The van der Waals surface area contributed by atoms with Crippen LogP contribution in [0.4, 0.5) is 0 Å². The number of halogens is 1. The van der Waals surface area contributed by atoms with Crippen LogP contribution in [0.5, 0.6) is 0 Å². The second-order valence-electron chi connectivity index (χ2n) is 5.08. The molecule has 1 saturated heterocycles. The van der Waals surface area contributed by atoms with E-state index in [1.165, 1.54) is 12.1 Å².